The lowest BCUT2D eigenvalue weighted by atomic mass is 9.82. The number of likely N-dealkylation sites (N-methyl/N-ethyl adjacent to an activating group) is 1. The Labute approximate surface area is 102 Å². The average Bonchev–Trinajstić information content (AvgIpc) is 2.74. The van der Waals surface area contributed by atoms with Crippen molar-refractivity contribution in [3.63, 3.8) is 0 Å². The summed E-state index contributed by atoms with van der Waals surface area (Å²) in [7, 11) is 1.81. The fraction of sp³-hybridized carbons (Fsp3) is 0.917. The predicted molar refractivity (Wildman–Crippen MR) is 63.3 cm³/mol. The summed E-state index contributed by atoms with van der Waals surface area (Å²) in [6.45, 7) is 1.21. The van der Waals surface area contributed by atoms with Crippen molar-refractivity contribution in [1.29, 1.82) is 0 Å². The number of ether oxygens (including phenoxy) is 1. The van der Waals surface area contributed by atoms with Gasteiger partial charge in [0.2, 0.25) is 0 Å². The van der Waals surface area contributed by atoms with E-state index in [-0.39, 0.29) is 24.2 Å². The Hall–Kier alpha value is -0.650. The van der Waals surface area contributed by atoms with Gasteiger partial charge in [-0.3, -0.25) is 4.79 Å². The molecule has 1 aliphatic heterocycles. The van der Waals surface area contributed by atoms with Crippen LogP contribution in [0, 0.1) is 5.92 Å². The zero-order valence-corrected chi connectivity index (χ0v) is 10.3. The van der Waals surface area contributed by atoms with Crippen LogP contribution in [0.1, 0.15) is 25.7 Å². The minimum absolute atomic E-state index is 0.0443. The first-order valence-corrected chi connectivity index (χ1v) is 6.38. The van der Waals surface area contributed by atoms with E-state index in [4.69, 9.17) is 10.5 Å². The quantitative estimate of drug-likeness (QED) is 0.711. The van der Waals surface area contributed by atoms with Crippen molar-refractivity contribution < 1.29 is 14.6 Å². The zero-order valence-electron chi connectivity index (χ0n) is 10.3. The molecule has 1 heterocycles. The van der Waals surface area contributed by atoms with Crippen molar-refractivity contribution in [2.45, 2.75) is 44.0 Å². The van der Waals surface area contributed by atoms with Crippen LogP contribution in [0.25, 0.3) is 0 Å². The molecule has 1 amide bonds. The molecule has 17 heavy (non-hydrogen) atoms. The summed E-state index contributed by atoms with van der Waals surface area (Å²) in [4.78, 5) is 13.8. The molecule has 2 unspecified atom stereocenters. The Bertz CT molecular complexity index is 279. The van der Waals surface area contributed by atoms with E-state index >= 15 is 0 Å². The highest BCUT2D eigenvalue weighted by Crippen LogP contribution is 2.28. The molecule has 0 radical (unpaired) electrons. The molecule has 2 fully saturated rings. The monoisotopic (exact) mass is 242 g/mol. The van der Waals surface area contributed by atoms with Crippen LogP contribution in [0.2, 0.25) is 0 Å². The third kappa shape index (κ3) is 2.97. The zero-order chi connectivity index (χ0) is 12.4. The minimum Gasteiger partial charge on any atom is -0.393 e. The lowest BCUT2D eigenvalue weighted by Gasteiger charge is -2.35. The van der Waals surface area contributed by atoms with Crippen molar-refractivity contribution in [3.05, 3.63) is 0 Å². The van der Waals surface area contributed by atoms with Crippen LogP contribution in [0.5, 0.6) is 0 Å². The van der Waals surface area contributed by atoms with Crippen molar-refractivity contribution in [3.8, 4) is 0 Å². The van der Waals surface area contributed by atoms with Gasteiger partial charge >= 0.3 is 0 Å². The first-order valence-electron chi connectivity index (χ1n) is 6.38. The molecule has 0 aromatic rings. The van der Waals surface area contributed by atoms with Gasteiger partial charge in [0.05, 0.1) is 12.2 Å². The van der Waals surface area contributed by atoms with Gasteiger partial charge in [-0.15, -0.1) is 0 Å². The van der Waals surface area contributed by atoms with Crippen LogP contribution in [-0.4, -0.2) is 54.4 Å². The molecule has 5 nitrogen and oxygen atoms in total. The molecule has 0 aromatic carbocycles. The minimum atomic E-state index is -0.307. The number of carbonyl (C=O) groups excluding carboxylic acids is 1. The molecule has 2 aliphatic rings. The normalized spacial score (nSPS) is 36.6. The molecule has 3 N–H and O–H groups in total. The second kappa shape index (κ2) is 5.33. The van der Waals surface area contributed by atoms with Crippen molar-refractivity contribution in [1.82, 2.24) is 4.90 Å². The number of aliphatic hydroxyl groups is 1. The number of nitrogens with zero attached hydrogens (tertiary/aromatic N) is 1. The molecule has 1 saturated heterocycles. The van der Waals surface area contributed by atoms with Gasteiger partial charge in [0, 0.05) is 20.1 Å². The van der Waals surface area contributed by atoms with E-state index in [1.165, 1.54) is 0 Å². The van der Waals surface area contributed by atoms with E-state index < -0.39 is 0 Å². The summed E-state index contributed by atoms with van der Waals surface area (Å²) in [6.07, 6.45) is 2.86. The number of amides is 1. The third-order valence-electron chi connectivity index (χ3n) is 3.76. The van der Waals surface area contributed by atoms with Gasteiger partial charge in [-0.2, -0.15) is 0 Å². The maximum Gasteiger partial charge on any atom is 0.251 e. The number of aliphatic hydroxyl groups excluding tert-OH is 1. The second-order valence-corrected chi connectivity index (χ2v) is 5.27. The van der Waals surface area contributed by atoms with Crippen LogP contribution >= 0.6 is 0 Å². The maximum absolute atomic E-state index is 12.1. The highest BCUT2D eigenvalue weighted by molar-refractivity contribution is 5.81. The summed E-state index contributed by atoms with van der Waals surface area (Å²) in [5.41, 5.74) is 5.52. The van der Waals surface area contributed by atoms with Crippen LogP contribution in [0.3, 0.4) is 0 Å². The molecule has 98 valence electrons. The van der Waals surface area contributed by atoms with Crippen LogP contribution < -0.4 is 5.73 Å². The van der Waals surface area contributed by atoms with E-state index in [0.29, 0.717) is 12.5 Å². The topological polar surface area (TPSA) is 75.8 Å². The van der Waals surface area contributed by atoms with Crippen molar-refractivity contribution in [2.75, 3.05) is 20.1 Å². The molecule has 5 heteroatoms. The van der Waals surface area contributed by atoms with Crippen molar-refractivity contribution in [2.24, 2.45) is 11.7 Å². The van der Waals surface area contributed by atoms with Gasteiger partial charge in [-0.1, -0.05) is 0 Å². The highest BCUT2D eigenvalue weighted by Gasteiger charge is 2.34. The van der Waals surface area contributed by atoms with E-state index in [0.717, 1.165) is 32.2 Å². The number of carbonyl (C=O) groups is 1. The summed E-state index contributed by atoms with van der Waals surface area (Å²) in [5.74, 6) is 0.507. The number of hydrogen-bond donors (Lipinski definition) is 2. The molecule has 1 aliphatic carbocycles. The van der Waals surface area contributed by atoms with Crippen LogP contribution in [-0.2, 0) is 9.53 Å². The summed E-state index contributed by atoms with van der Waals surface area (Å²) < 4.78 is 5.58. The van der Waals surface area contributed by atoms with Crippen molar-refractivity contribution >= 4 is 5.91 Å². The van der Waals surface area contributed by atoms with E-state index in [1.54, 1.807) is 4.90 Å². The highest BCUT2D eigenvalue weighted by atomic mass is 16.5. The molecular weight excluding hydrogens is 220 g/mol. The first kappa shape index (κ1) is 12.8. The molecule has 0 spiro atoms. The van der Waals surface area contributed by atoms with Gasteiger partial charge < -0.3 is 20.5 Å². The Kier molecular flexibility index (Phi) is 4.01. The molecule has 2 rings (SSSR count). The van der Waals surface area contributed by atoms with E-state index in [1.807, 2.05) is 7.05 Å². The van der Waals surface area contributed by atoms with Gasteiger partial charge in [-0.05, 0) is 31.6 Å². The van der Waals surface area contributed by atoms with Gasteiger partial charge in [-0.25, -0.2) is 0 Å². The molecular formula is C12H22N2O3. The SMILES string of the molecule is CN(CC1CC(O)C1)C(=O)C1CCC(CN)O1. The number of nitrogens with two attached hydrogens (primary N) is 1. The lowest BCUT2D eigenvalue weighted by molar-refractivity contribution is -0.143. The molecule has 1 saturated carbocycles. The van der Waals surface area contributed by atoms with E-state index in [9.17, 15) is 9.90 Å². The Morgan fingerprint density at radius 1 is 1.47 bits per heavy atom. The summed E-state index contributed by atoms with van der Waals surface area (Å²) in [5, 5.41) is 9.21. The first-order chi connectivity index (χ1) is 8.10. The second-order valence-electron chi connectivity index (χ2n) is 5.27. The lowest BCUT2D eigenvalue weighted by Crippen LogP contribution is -2.43. The summed E-state index contributed by atoms with van der Waals surface area (Å²) in [6, 6.07) is 0. The fourth-order valence-corrected chi connectivity index (χ4v) is 2.63. The summed E-state index contributed by atoms with van der Waals surface area (Å²) >= 11 is 0. The van der Waals surface area contributed by atoms with Crippen LogP contribution in [0.4, 0.5) is 0 Å². The third-order valence-corrected chi connectivity index (χ3v) is 3.76. The fourth-order valence-electron chi connectivity index (χ4n) is 2.63. The molecule has 0 aromatic heterocycles. The standard InChI is InChI=1S/C12H22N2O3/c1-14(7-8-4-9(15)5-8)12(16)11-3-2-10(6-13)17-11/h8-11,15H,2-7,13H2,1H3. The predicted octanol–water partition coefficient (Wildman–Crippen LogP) is -0.278. The van der Waals surface area contributed by atoms with Gasteiger partial charge in [0.15, 0.2) is 0 Å². The number of rotatable bonds is 4. The maximum atomic E-state index is 12.1. The van der Waals surface area contributed by atoms with E-state index in [2.05, 4.69) is 0 Å². The Morgan fingerprint density at radius 2 is 2.18 bits per heavy atom. The van der Waals surface area contributed by atoms with Crippen LogP contribution in [0.15, 0.2) is 0 Å². The van der Waals surface area contributed by atoms with Gasteiger partial charge in [0.1, 0.15) is 6.10 Å². The largest absolute Gasteiger partial charge is 0.393 e. The average molecular weight is 242 g/mol. The Balaban J connectivity index is 1.75. The van der Waals surface area contributed by atoms with Gasteiger partial charge in [0.25, 0.3) is 5.91 Å². The molecule has 2 atom stereocenters. The Morgan fingerprint density at radius 3 is 2.71 bits per heavy atom. The molecule has 0 bridgehead atoms. The smallest absolute Gasteiger partial charge is 0.251 e. The number of hydrogen-bond acceptors (Lipinski definition) is 4.